The second-order valence-corrected chi connectivity index (χ2v) is 5.65. The third-order valence-corrected chi connectivity index (χ3v) is 4.17. The molecule has 3 nitrogen and oxygen atoms in total. The highest BCUT2D eigenvalue weighted by atomic mass is 16.5. The molecular formula is C16H23NO2. The Morgan fingerprint density at radius 3 is 2.74 bits per heavy atom. The van der Waals surface area contributed by atoms with Gasteiger partial charge >= 0.3 is 0 Å². The summed E-state index contributed by atoms with van der Waals surface area (Å²) >= 11 is 0. The predicted octanol–water partition coefficient (Wildman–Crippen LogP) is 2.53. The Morgan fingerprint density at radius 2 is 2.05 bits per heavy atom. The van der Waals surface area contributed by atoms with Crippen LogP contribution in [0.25, 0.3) is 0 Å². The maximum absolute atomic E-state index is 5.90. The number of ether oxygens (including phenoxy) is 2. The van der Waals surface area contributed by atoms with Crippen LogP contribution < -0.4 is 5.32 Å². The van der Waals surface area contributed by atoms with E-state index in [0.717, 1.165) is 18.9 Å². The average molecular weight is 261 g/mol. The molecule has 1 saturated heterocycles. The zero-order valence-corrected chi connectivity index (χ0v) is 11.5. The van der Waals surface area contributed by atoms with Gasteiger partial charge in [0.05, 0.1) is 18.8 Å². The molecule has 1 aromatic carbocycles. The van der Waals surface area contributed by atoms with Gasteiger partial charge < -0.3 is 14.8 Å². The molecule has 3 heteroatoms. The van der Waals surface area contributed by atoms with Crippen molar-refractivity contribution in [3.8, 4) is 0 Å². The lowest BCUT2D eigenvalue weighted by Crippen LogP contribution is -2.41. The minimum absolute atomic E-state index is 0.263. The van der Waals surface area contributed by atoms with Crippen LogP contribution in [-0.2, 0) is 9.47 Å². The fraction of sp³-hybridized carbons (Fsp3) is 0.625. The molecule has 19 heavy (non-hydrogen) atoms. The van der Waals surface area contributed by atoms with Crippen LogP contribution in [0.1, 0.15) is 30.9 Å². The summed E-state index contributed by atoms with van der Waals surface area (Å²) in [4.78, 5) is 0. The van der Waals surface area contributed by atoms with Gasteiger partial charge in [-0.15, -0.1) is 0 Å². The molecule has 2 aliphatic rings. The first-order chi connectivity index (χ1) is 9.38. The van der Waals surface area contributed by atoms with E-state index in [4.69, 9.17) is 9.47 Å². The molecule has 3 unspecified atom stereocenters. The SMILES string of the molecule is COCC(NC1CCOC1C1CC1)c1ccccc1. The van der Waals surface area contributed by atoms with Gasteiger partial charge in [-0.2, -0.15) is 0 Å². The standard InChI is InChI=1S/C16H23NO2/c1-18-11-15(12-5-3-2-4-6-12)17-14-9-10-19-16(14)13-7-8-13/h2-6,13-17H,7-11H2,1H3. The van der Waals surface area contributed by atoms with E-state index in [1.54, 1.807) is 7.11 Å². The minimum Gasteiger partial charge on any atom is -0.383 e. The van der Waals surface area contributed by atoms with Crippen molar-refractivity contribution in [2.45, 2.75) is 37.5 Å². The molecule has 0 amide bonds. The van der Waals surface area contributed by atoms with Gasteiger partial charge in [0.2, 0.25) is 0 Å². The zero-order valence-electron chi connectivity index (χ0n) is 11.5. The van der Waals surface area contributed by atoms with Crippen LogP contribution in [0.4, 0.5) is 0 Å². The number of hydrogen-bond acceptors (Lipinski definition) is 3. The Bertz CT molecular complexity index is 391. The van der Waals surface area contributed by atoms with E-state index < -0.39 is 0 Å². The first-order valence-corrected chi connectivity index (χ1v) is 7.30. The number of nitrogens with one attached hydrogen (secondary N) is 1. The number of methoxy groups -OCH3 is 1. The van der Waals surface area contributed by atoms with Crippen molar-refractivity contribution < 1.29 is 9.47 Å². The van der Waals surface area contributed by atoms with Gasteiger partial charge in [-0.05, 0) is 30.7 Å². The molecule has 3 atom stereocenters. The Hall–Kier alpha value is -0.900. The molecule has 1 aliphatic heterocycles. The van der Waals surface area contributed by atoms with Crippen molar-refractivity contribution in [1.29, 1.82) is 0 Å². The smallest absolute Gasteiger partial charge is 0.0757 e. The van der Waals surface area contributed by atoms with Crippen LogP contribution in [0.5, 0.6) is 0 Å². The average Bonchev–Trinajstić information content (AvgIpc) is 3.19. The lowest BCUT2D eigenvalue weighted by atomic mass is 10.0. The topological polar surface area (TPSA) is 30.5 Å². The minimum atomic E-state index is 0.263. The number of hydrogen-bond donors (Lipinski definition) is 1. The van der Waals surface area contributed by atoms with Crippen LogP contribution >= 0.6 is 0 Å². The maximum Gasteiger partial charge on any atom is 0.0757 e. The van der Waals surface area contributed by atoms with Gasteiger partial charge in [0.15, 0.2) is 0 Å². The molecule has 0 radical (unpaired) electrons. The summed E-state index contributed by atoms with van der Waals surface area (Å²) in [7, 11) is 1.77. The molecule has 0 aromatic heterocycles. The van der Waals surface area contributed by atoms with Crippen LogP contribution in [0, 0.1) is 5.92 Å². The molecule has 0 bridgehead atoms. The van der Waals surface area contributed by atoms with Gasteiger partial charge in [-0.25, -0.2) is 0 Å². The molecule has 2 fully saturated rings. The van der Waals surface area contributed by atoms with E-state index in [-0.39, 0.29) is 6.04 Å². The molecule has 104 valence electrons. The molecule has 0 spiro atoms. The summed E-state index contributed by atoms with van der Waals surface area (Å²) in [6, 6.07) is 11.3. The largest absolute Gasteiger partial charge is 0.383 e. The van der Waals surface area contributed by atoms with Crippen LogP contribution in [-0.4, -0.2) is 32.5 Å². The van der Waals surface area contributed by atoms with E-state index in [0.29, 0.717) is 18.8 Å². The first kappa shape index (κ1) is 13.1. The number of rotatable bonds is 6. The van der Waals surface area contributed by atoms with E-state index in [9.17, 15) is 0 Å². The van der Waals surface area contributed by atoms with Crippen molar-refractivity contribution in [2.75, 3.05) is 20.3 Å². The Labute approximate surface area is 115 Å². The van der Waals surface area contributed by atoms with Crippen molar-refractivity contribution in [3.63, 3.8) is 0 Å². The Balaban J connectivity index is 1.67. The third kappa shape index (κ3) is 3.16. The van der Waals surface area contributed by atoms with Gasteiger partial charge in [-0.1, -0.05) is 30.3 Å². The van der Waals surface area contributed by atoms with Crippen molar-refractivity contribution >= 4 is 0 Å². The summed E-state index contributed by atoms with van der Waals surface area (Å²) in [5, 5.41) is 3.75. The van der Waals surface area contributed by atoms with E-state index >= 15 is 0 Å². The van der Waals surface area contributed by atoms with Crippen molar-refractivity contribution in [3.05, 3.63) is 35.9 Å². The van der Waals surface area contributed by atoms with E-state index in [2.05, 4.69) is 35.6 Å². The molecule has 1 aromatic rings. The second-order valence-electron chi connectivity index (χ2n) is 5.65. The van der Waals surface area contributed by atoms with Crippen LogP contribution in [0.3, 0.4) is 0 Å². The quantitative estimate of drug-likeness (QED) is 0.853. The first-order valence-electron chi connectivity index (χ1n) is 7.30. The molecule has 3 rings (SSSR count). The lowest BCUT2D eigenvalue weighted by Gasteiger charge is -2.26. The number of benzene rings is 1. The van der Waals surface area contributed by atoms with Crippen LogP contribution in [0.2, 0.25) is 0 Å². The fourth-order valence-electron chi connectivity index (χ4n) is 3.03. The molecule has 1 heterocycles. The van der Waals surface area contributed by atoms with E-state index in [1.807, 2.05) is 0 Å². The summed E-state index contributed by atoms with van der Waals surface area (Å²) in [6.45, 7) is 1.60. The highest BCUT2D eigenvalue weighted by Gasteiger charge is 2.41. The highest BCUT2D eigenvalue weighted by molar-refractivity contribution is 5.19. The summed E-state index contributed by atoms with van der Waals surface area (Å²) in [6.07, 6.45) is 4.21. The second kappa shape index (κ2) is 6.04. The van der Waals surface area contributed by atoms with Gasteiger partial charge in [0, 0.05) is 19.8 Å². The van der Waals surface area contributed by atoms with Gasteiger partial charge in [-0.3, -0.25) is 0 Å². The lowest BCUT2D eigenvalue weighted by molar-refractivity contribution is 0.0740. The third-order valence-electron chi connectivity index (χ3n) is 4.17. The van der Waals surface area contributed by atoms with E-state index in [1.165, 1.54) is 18.4 Å². The molecule has 1 saturated carbocycles. The van der Waals surface area contributed by atoms with Gasteiger partial charge in [0.25, 0.3) is 0 Å². The monoisotopic (exact) mass is 261 g/mol. The van der Waals surface area contributed by atoms with Crippen molar-refractivity contribution in [2.24, 2.45) is 5.92 Å². The normalized spacial score (nSPS) is 28.5. The maximum atomic E-state index is 5.90. The van der Waals surface area contributed by atoms with Crippen molar-refractivity contribution in [1.82, 2.24) is 5.32 Å². The predicted molar refractivity (Wildman–Crippen MR) is 75.1 cm³/mol. The fourth-order valence-corrected chi connectivity index (χ4v) is 3.03. The zero-order chi connectivity index (χ0) is 13.1. The summed E-state index contributed by atoms with van der Waals surface area (Å²) < 4.78 is 11.3. The Morgan fingerprint density at radius 1 is 1.26 bits per heavy atom. The molecular weight excluding hydrogens is 238 g/mol. The molecule has 1 aliphatic carbocycles. The summed E-state index contributed by atoms with van der Waals surface area (Å²) in [5.41, 5.74) is 1.30. The van der Waals surface area contributed by atoms with Gasteiger partial charge in [0.1, 0.15) is 0 Å². The summed E-state index contributed by atoms with van der Waals surface area (Å²) in [5.74, 6) is 0.791. The highest BCUT2D eigenvalue weighted by Crippen LogP contribution is 2.39. The Kier molecular flexibility index (Phi) is 4.16. The molecule has 1 N–H and O–H groups in total. The van der Waals surface area contributed by atoms with Crippen LogP contribution in [0.15, 0.2) is 30.3 Å².